The summed E-state index contributed by atoms with van der Waals surface area (Å²) < 4.78 is 26.0. The van der Waals surface area contributed by atoms with E-state index in [0.717, 1.165) is 10.6 Å². The summed E-state index contributed by atoms with van der Waals surface area (Å²) in [5, 5.41) is 3.63. The molecule has 2 rings (SSSR count). The Hall–Kier alpha value is -2.00. The van der Waals surface area contributed by atoms with Crippen LogP contribution in [0.2, 0.25) is 15.1 Å². The molecule has 0 aliphatic rings. The predicted octanol–water partition coefficient (Wildman–Crippen LogP) is 4.35. The summed E-state index contributed by atoms with van der Waals surface area (Å²) in [6.07, 6.45) is 0.966. The highest BCUT2D eigenvalue weighted by Crippen LogP contribution is 2.31. The maximum atomic E-state index is 13.4. The lowest BCUT2D eigenvalue weighted by molar-refractivity contribution is -0.139. The molecule has 11 heteroatoms. The lowest BCUT2D eigenvalue weighted by Gasteiger charge is -2.32. The van der Waals surface area contributed by atoms with Gasteiger partial charge in [-0.1, -0.05) is 46.9 Å². The molecule has 2 aromatic carbocycles. The molecule has 7 nitrogen and oxygen atoms in total. The fourth-order valence-electron chi connectivity index (χ4n) is 3.09. The molecule has 1 unspecified atom stereocenters. The van der Waals surface area contributed by atoms with Crippen molar-refractivity contribution in [3.05, 3.63) is 63.1 Å². The van der Waals surface area contributed by atoms with Crippen molar-refractivity contribution in [2.75, 3.05) is 17.1 Å². The van der Waals surface area contributed by atoms with Gasteiger partial charge >= 0.3 is 0 Å². The lowest BCUT2D eigenvalue weighted by Crippen LogP contribution is -2.52. The molecule has 0 aliphatic carbocycles. The monoisotopic (exact) mass is 533 g/mol. The Morgan fingerprint density at radius 2 is 1.64 bits per heavy atom. The van der Waals surface area contributed by atoms with Crippen molar-refractivity contribution in [3.63, 3.8) is 0 Å². The van der Waals surface area contributed by atoms with Gasteiger partial charge < -0.3 is 10.2 Å². The molecule has 33 heavy (non-hydrogen) atoms. The van der Waals surface area contributed by atoms with Crippen molar-refractivity contribution < 1.29 is 18.0 Å². The summed E-state index contributed by atoms with van der Waals surface area (Å²) >= 11 is 18.3. The molecule has 180 valence electrons. The highest BCUT2D eigenvalue weighted by atomic mass is 35.5. The number of sulfonamides is 1. The van der Waals surface area contributed by atoms with Crippen LogP contribution in [0.15, 0.2) is 42.5 Å². The Labute approximate surface area is 209 Å². The standard InChI is InChI=1S/C22H26Cl3N3O4S/c1-14(2)26-22(30)15(3)27(12-16-6-5-7-17(23)10-16)21(29)13-28(33(4,31)32)20-11-18(24)8-9-19(20)25/h5-11,14-15H,12-13H2,1-4H3,(H,26,30). The predicted molar refractivity (Wildman–Crippen MR) is 133 cm³/mol. The molecule has 0 fully saturated rings. The van der Waals surface area contributed by atoms with Crippen LogP contribution in [0.1, 0.15) is 26.3 Å². The lowest BCUT2D eigenvalue weighted by atomic mass is 10.1. The Balaban J connectivity index is 2.44. The van der Waals surface area contributed by atoms with Crippen LogP contribution in [0.4, 0.5) is 5.69 Å². The topological polar surface area (TPSA) is 86.8 Å². The Kier molecular flexibility index (Phi) is 9.43. The van der Waals surface area contributed by atoms with Gasteiger partial charge in [0.2, 0.25) is 21.8 Å². The summed E-state index contributed by atoms with van der Waals surface area (Å²) in [5.74, 6) is -0.963. The van der Waals surface area contributed by atoms with E-state index >= 15 is 0 Å². The third-order valence-electron chi connectivity index (χ3n) is 4.70. The molecule has 0 aliphatic heterocycles. The first-order chi connectivity index (χ1) is 15.3. The fourth-order valence-corrected chi connectivity index (χ4v) is 4.59. The second kappa shape index (κ2) is 11.4. The van der Waals surface area contributed by atoms with Crippen molar-refractivity contribution in [1.29, 1.82) is 0 Å². The van der Waals surface area contributed by atoms with Crippen LogP contribution in [0.3, 0.4) is 0 Å². The summed E-state index contributed by atoms with van der Waals surface area (Å²) in [6, 6.07) is 10.2. The van der Waals surface area contributed by atoms with Gasteiger partial charge in [0, 0.05) is 22.6 Å². The summed E-state index contributed by atoms with van der Waals surface area (Å²) in [4.78, 5) is 27.4. The molecule has 1 atom stereocenters. The van der Waals surface area contributed by atoms with Gasteiger partial charge in [-0.3, -0.25) is 13.9 Å². The van der Waals surface area contributed by atoms with E-state index in [9.17, 15) is 18.0 Å². The van der Waals surface area contributed by atoms with Crippen LogP contribution >= 0.6 is 34.8 Å². The third-order valence-corrected chi connectivity index (χ3v) is 6.61. The normalized spacial score (nSPS) is 12.4. The second-order valence-electron chi connectivity index (χ2n) is 7.86. The number of rotatable bonds is 9. The van der Waals surface area contributed by atoms with Crippen molar-refractivity contribution in [2.24, 2.45) is 0 Å². The summed E-state index contributed by atoms with van der Waals surface area (Å²) in [7, 11) is -3.91. The van der Waals surface area contributed by atoms with E-state index in [1.807, 2.05) is 0 Å². The van der Waals surface area contributed by atoms with Gasteiger partial charge in [0.25, 0.3) is 0 Å². The minimum atomic E-state index is -3.91. The fraction of sp³-hybridized carbons (Fsp3) is 0.364. The summed E-state index contributed by atoms with van der Waals surface area (Å²) in [6.45, 7) is 4.67. The van der Waals surface area contributed by atoms with Crippen LogP contribution in [0, 0.1) is 0 Å². The number of benzene rings is 2. The van der Waals surface area contributed by atoms with Gasteiger partial charge in [-0.25, -0.2) is 8.42 Å². The average molecular weight is 535 g/mol. The minimum absolute atomic E-state index is 0.0486. The maximum Gasteiger partial charge on any atom is 0.244 e. The smallest absolute Gasteiger partial charge is 0.244 e. The zero-order chi connectivity index (χ0) is 24.9. The zero-order valence-electron chi connectivity index (χ0n) is 18.7. The molecule has 0 aromatic heterocycles. The number of hydrogen-bond donors (Lipinski definition) is 1. The molecule has 0 bridgehead atoms. The molecule has 0 radical (unpaired) electrons. The second-order valence-corrected chi connectivity index (χ2v) is 11.0. The van der Waals surface area contributed by atoms with Crippen LogP contribution in [-0.4, -0.2) is 50.0 Å². The molecule has 1 N–H and O–H groups in total. The van der Waals surface area contributed by atoms with Crippen LogP contribution in [-0.2, 0) is 26.2 Å². The zero-order valence-corrected chi connectivity index (χ0v) is 21.8. The van der Waals surface area contributed by atoms with Crippen LogP contribution < -0.4 is 9.62 Å². The molecule has 2 amide bonds. The van der Waals surface area contributed by atoms with Crippen LogP contribution in [0.5, 0.6) is 0 Å². The van der Waals surface area contributed by atoms with Crippen molar-refractivity contribution >= 4 is 62.3 Å². The largest absolute Gasteiger partial charge is 0.352 e. The number of amides is 2. The van der Waals surface area contributed by atoms with E-state index < -0.39 is 28.5 Å². The Morgan fingerprint density at radius 1 is 1.00 bits per heavy atom. The van der Waals surface area contributed by atoms with E-state index in [1.165, 1.54) is 23.1 Å². The van der Waals surface area contributed by atoms with Gasteiger partial charge in [-0.2, -0.15) is 0 Å². The van der Waals surface area contributed by atoms with Gasteiger partial charge in [0.1, 0.15) is 12.6 Å². The van der Waals surface area contributed by atoms with Gasteiger partial charge in [0.15, 0.2) is 0 Å². The van der Waals surface area contributed by atoms with E-state index in [0.29, 0.717) is 10.6 Å². The highest BCUT2D eigenvalue weighted by molar-refractivity contribution is 7.92. The van der Waals surface area contributed by atoms with E-state index in [2.05, 4.69) is 5.32 Å². The molecule has 0 heterocycles. The third kappa shape index (κ3) is 7.78. The first-order valence-electron chi connectivity index (χ1n) is 10.1. The number of hydrogen-bond acceptors (Lipinski definition) is 4. The van der Waals surface area contributed by atoms with Crippen molar-refractivity contribution in [3.8, 4) is 0 Å². The highest BCUT2D eigenvalue weighted by Gasteiger charge is 2.31. The van der Waals surface area contributed by atoms with Crippen LogP contribution in [0.25, 0.3) is 0 Å². The van der Waals surface area contributed by atoms with E-state index in [4.69, 9.17) is 34.8 Å². The number of carbonyl (C=O) groups is 2. The minimum Gasteiger partial charge on any atom is -0.352 e. The number of carbonyl (C=O) groups excluding carboxylic acids is 2. The summed E-state index contributed by atoms with van der Waals surface area (Å²) in [5.41, 5.74) is 0.758. The van der Waals surface area contributed by atoms with Crippen molar-refractivity contribution in [1.82, 2.24) is 10.2 Å². The van der Waals surface area contributed by atoms with Gasteiger partial charge in [-0.15, -0.1) is 0 Å². The number of nitrogens with one attached hydrogen (secondary N) is 1. The Bertz CT molecular complexity index is 1130. The van der Waals surface area contributed by atoms with Gasteiger partial charge in [0.05, 0.1) is 17.0 Å². The molecule has 2 aromatic rings. The molecule has 0 spiro atoms. The molecular weight excluding hydrogens is 509 g/mol. The van der Waals surface area contributed by atoms with Crippen molar-refractivity contribution in [2.45, 2.75) is 39.4 Å². The average Bonchev–Trinajstić information content (AvgIpc) is 2.70. The number of anilines is 1. The first-order valence-corrected chi connectivity index (χ1v) is 13.0. The SMILES string of the molecule is CC(C)NC(=O)C(C)N(Cc1cccc(Cl)c1)C(=O)CN(c1cc(Cl)ccc1Cl)S(C)(=O)=O. The molecule has 0 saturated carbocycles. The Morgan fingerprint density at radius 3 is 2.21 bits per heavy atom. The van der Waals surface area contributed by atoms with Gasteiger partial charge in [-0.05, 0) is 56.7 Å². The first kappa shape index (κ1) is 27.2. The quantitative estimate of drug-likeness (QED) is 0.518. The molecular formula is C22H26Cl3N3O4S. The number of nitrogens with zero attached hydrogens (tertiary/aromatic N) is 2. The maximum absolute atomic E-state index is 13.4. The number of halogens is 3. The van der Waals surface area contributed by atoms with E-state index in [-0.39, 0.29) is 34.2 Å². The van der Waals surface area contributed by atoms with E-state index in [1.54, 1.807) is 45.0 Å². The molecule has 0 saturated heterocycles.